The first-order valence-corrected chi connectivity index (χ1v) is 4.92. The molecule has 0 aromatic heterocycles. The summed E-state index contributed by atoms with van der Waals surface area (Å²) in [5.41, 5.74) is 1.53. The van der Waals surface area contributed by atoms with Crippen molar-refractivity contribution in [3.8, 4) is 11.8 Å². The van der Waals surface area contributed by atoms with Crippen molar-refractivity contribution in [3.63, 3.8) is 0 Å². The van der Waals surface area contributed by atoms with Crippen molar-refractivity contribution in [1.82, 2.24) is 0 Å². The first kappa shape index (κ1) is 10.0. The van der Waals surface area contributed by atoms with Gasteiger partial charge >= 0.3 is 0 Å². The van der Waals surface area contributed by atoms with E-state index >= 15 is 0 Å². The van der Waals surface area contributed by atoms with Gasteiger partial charge in [0.1, 0.15) is 11.8 Å². The highest BCUT2D eigenvalue weighted by atomic mass is 16.5. The first-order valence-electron chi connectivity index (χ1n) is 4.92. The Kier molecular flexibility index (Phi) is 2.17. The van der Waals surface area contributed by atoms with E-state index < -0.39 is 5.60 Å². The summed E-state index contributed by atoms with van der Waals surface area (Å²) < 4.78 is 5.15. The number of hydrogen-bond donors (Lipinski definition) is 1. The summed E-state index contributed by atoms with van der Waals surface area (Å²) in [6.45, 7) is 1.88. The highest BCUT2D eigenvalue weighted by Gasteiger charge is 2.42. The minimum Gasteiger partial charge on any atom is -0.495 e. The maximum atomic E-state index is 9.96. The van der Waals surface area contributed by atoms with E-state index in [1.54, 1.807) is 13.2 Å². The van der Waals surface area contributed by atoms with Crippen LogP contribution in [0.2, 0.25) is 0 Å². The SMILES string of the molecule is COc1c(C)cc(C2(O)CC2)cc1C#N. The summed E-state index contributed by atoms with van der Waals surface area (Å²) in [5, 5.41) is 18.9. The van der Waals surface area contributed by atoms with E-state index in [4.69, 9.17) is 10.00 Å². The molecule has 0 radical (unpaired) electrons. The molecule has 0 bridgehead atoms. The molecule has 0 saturated heterocycles. The van der Waals surface area contributed by atoms with Gasteiger partial charge in [0.2, 0.25) is 0 Å². The summed E-state index contributed by atoms with van der Waals surface area (Å²) in [4.78, 5) is 0. The topological polar surface area (TPSA) is 53.2 Å². The van der Waals surface area contributed by atoms with Crippen molar-refractivity contribution in [2.45, 2.75) is 25.4 Å². The number of rotatable bonds is 2. The summed E-state index contributed by atoms with van der Waals surface area (Å²) >= 11 is 0. The third-order valence-electron chi connectivity index (χ3n) is 2.86. The first-order chi connectivity index (χ1) is 7.10. The van der Waals surface area contributed by atoms with Gasteiger partial charge in [-0.3, -0.25) is 0 Å². The number of ether oxygens (including phenoxy) is 1. The number of benzene rings is 1. The van der Waals surface area contributed by atoms with E-state index in [0.717, 1.165) is 24.0 Å². The third kappa shape index (κ3) is 1.57. The van der Waals surface area contributed by atoms with Gasteiger partial charge in [0, 0.05) is 0 Å². The molecular weight excluding hydrogens is 190 g/mol. The monoisotopic (exact) mass is 203 g/mol. The molecule has 0 amide bonds. The molecule has 0 unspecified atom stereocenters. The molecule has 1 aromatic carbocycles. The average molecular weight is 203 g/mol. The van der Waals surface area contributed by atoms with Gasteiger partial charge in [0.25, 0.3) is 0 Å². The maximum Gasteiger partial charge on any atom is 0.139 e. The molecule has 3 nitrogen and oxygen atoms in total. The van der Waals surface area contributed by atoms with Gasteiger partial charge in [-0.05, 0) is 43.0 Å². The Labute approximate surface area is 88.9 Å². The molecule has 78 valence electrons. The lowest BCUT2D eigenvalue weighted by Gasteiger charge is -2.13. The minimum absolute atomic E-state index is 0.493. The van der Waals surface area contributed by atoms with Gasteiger partial charge < -0.3 is 9.84 Å². The summed E-state index contributed by atoms with van der Waals surface area (Å²) in [6.07, 6.45) is 1.56. The summed E-state index contributed by atoms with van der Waals surface area (Å²) in [7, 11) is 1.55. The Morgan fingerprint density at radius 3 is 2.60 bits per heavy atom. The predicted molar refractivity (Wildman–Crippen MR) is 55.6 cm³/mol. The lowest BCUT2D eigenvalue weighted by atomic mass is 10.0. The molecule has 1 N–H and O–H groups in total. The largest absolute Gasteiger partial charge is 0.495 e. The molecule has 1 aliphatic rings. The Morgan fingerprint density at radius 1 is 1.47 bits per heavy atom. The molecule has 2 rings (SSSR count). The fourth-order valence-corrected chi connectivity index (χ4v) is 1.80. The van der Waals surface area contributed by atoms with Crippen LogP contribution in [-0.2, 0) is 5.60 Å². The lowest BCUT2D eigenvalue weighted by Crippen LogP contribution is -2.06. The van der Waals surface area contributed by atoms with Gasteiger partial charge in [-0.2, -0.15) is 5.26 Å². The molecule has 15 heavy (non-hydrogen) atoms. The normalized spacial score (nSPS) is 16.9. The molecule has 0 spiro atoms. The standard InChI is InChI=1S/C12H13NO2/c1-8-5-10(12(14)3-4-12)6-9(7-13)11(8)15-2/h5-6,14H,3-4H2,1-2H3. The molecule has 0 heterocycles. The van der Waals surface area contributed by atoms with Crippen LogP contribution in [0.25, 0.3) is 0 Å². The van der Waals surface area contributed by atoms with Crippen LogP contribution in [0.15, 0.2) is 12.1 Å². The number of hydrogen-bond acceptors (Lipinski definition) is 3. The number of nitrogens with zero attached hydrogens (tertiary/aromatic N) is 1. The minimum atomic E-state index is -0.692. The van der Waals surface area contributed by atoms with E-state index in [1.165, 1.54) is 0 Å². The number of aryl methyl sites for hydroxylation is 1. The fourth-order valence-electron chi connectivity index (χ4n) is 1.80. The third-order valence-corrected chi connectivity index (χ3v) is 2.86. The van der Waals surface area contributed by atoms with Crippen molar-refractivity contribution in [1.29, 1.82) is 5.26 Å². The molecule has 1 aromatic rings. The molecule has 0 aliphatic heterocycles. The Morgan fingerprint density at radius 2 is 2.13 bits per heavy atom. The van der Waals surface area contributed by atoms with E-state index in [0.29, 0.717) is 11.3 Å². The highest BCUT2D eigenvalue weighted by Crippen LogP contribution is 2.46. The zero-order valence-corrected chi connectivity index (χ0v) is 8.87. The Bertz CT molecular complexity index is 442. The molecule has 1 fully saturated rings. The molecule has 1 saturated carbocycles. The van der Waals surface area contributed by atoms with Crippen LogP contribution < -0.4 is 4.74 Å². The Hall–Kier alpha value is -1.53. The lowest BCUT2D eigenvalue weighted by molar-refractivity contribution is 0.151. The molecule has 0 atom stereocenters. The maximum absolute atomic E-state index is 9.96. The van der Waals surface area contributed by atoms with Crippen molar-refractivity contribution in [2.24, 2.45) is 0 Å². The van der Waals surface area contributed by atoms with Crippen molar-refractivity contribution in [2.75, 3.05) is 7.11 Å². The number of aliphatic hydroxyl groups is 1. The van der Waals surface area contributed by atoms with Crippen LogP contribution in [0.4, 0.5) is 0 Å². The van der Waals surface area contributed by atoms with Crippen LogP contribution >= 0.6 is 0 Å². The summed E-state index contributed by atoms with van der Waals surface area (Å²) in [5.74, 6) is 0.602. The van der Waals surface area contributed by atoms with Gasteiger partial charge in [0.05, 0.1) is 18.3 Å². The fraction of sp³-hybridized carbons (Fsp3) is 0.417. The zero-order chi connectivity index (χ0) is 11.1. The molecular formula is C12H13NO2. The number of nitriles is 1. The second-order valence-corrected chi connectivity index (χ2v) is 4.02. The van der Waals surface area contributed by atoms with Crippen LogP contribution in [0, 0.1) is 18.3 Å². The second kappa shape index (κ2) is 3.25. The zero-order valence-electron chi connectivity index (χ0n) is 8.87. The van der Waals surface area contributed by atoms with Crippen LogP contribution in [0.5, 0.6) is 5.75 Å². The second-order valence-electron chi connectivity index (χ2n) is 4.02. The van der Waals surface area contributed by atoms with Crippen molar-refractivity contribution >= 4 is 0 Å². The average Bonchev–Trinajstić information content (AvgIpc) is 2.96. The Balaban J connectivity index is 2.54. The molecule has 1 aliphatic carbocycles. The van der Waals surface area contributed by atoms with Gasteiger partial charge in [0.15, 0.2) is 0 Å². The van der Waals surface area contributed by atoms with Crippen molar-refractivity contribution < 1.29 is 9.84 Å². The van der Waals surface area contributed by atoms with Gasteiger partial charge in [-0.1, -0.05) is 0 Å². The van der Waals surface area contributed by atoms with E-state index in [2.05, 4.69) is 6.07 Å². The van der Waals surface area contributed by atoms with Crippen molar-refractivity contribution in [3.05, 3.63) is 28.8 Å². The quantitative estimate of drug-likeness (QED) is 0.798. The highest BCUT2D eigenvalue weighted by molar-refractivity contribution is 5.52. The summed E-state index contributed by atoms with van der Waals surface area (Å²) in [6, 6.07) is 5.71. The van der Waals surface area contributed by atoms with E-state index in [-0.39, 0.29) is 0 Å². The van der Waals surface area contributed by atoms with E-state index in [1.807, 2.05) is 13.0 Å². The number of methoxy groups -OCH3 is 1. The predicted octanol–water partition coefficient (Wildman–Crippen LogP) is 1.86. The van der Waals surface area contributed by atoms with Gasteiger partial charge in [-0.25, -0.2) is 0 Å². The van der Waals surface area contributed by atoms with Crippen LogP contribution in [0.1, 0.15) is 29.5 Å². The van der Waals surface area contributed by atoms with E-state index in [9.17, 15) is 5.11 Å². The van der Waals surface area contributed by atoms with Crippen LogP contribution in [-0.4, -0.2) is 12.2 Å². The van der Waals surface area contributed by atoms with Crippen LogP contribution in [0.3, 0.4) is 0 Å². The smallest absolute Gasteiger partial charge is 0.139 e. The van der Waals surface area contributed by atoms with Gasteiger partial charge in [-0.15, -0.1) is 0 Å². The molecule has 3 heteroatoms.